The lowest BCUT2D eigenvalue weighted by molar-refractivity contribution is 0.0551. The minimum Gasteiger partial charge on any atom is -0.494 e. The van der Waals surface area contributed by atoms with Gasteiger partial charge in [-0.1, -0.05) is 32.3 Å². The SMILES string of the molecule is CCCCCCOc1ccc2c(c1)CCN1C[C@H]3CCCN[C@H]3C[C@H]21. The van der Waals surface area contributed by atoms with E-state index in [0.717, 1.165) is 24.3 Å². The fraction of sp³-hybridized carbons (Fsp3) is 0.727. The van der Waals surface area contributed by atoms with Gasteiger partial charge in [0.25, 0.3) is 0 Å². The van der Waals surface area contributed by atoms with Gasteiger partial charge in [-0.2, -0.15) is 0 Å². The fourth-order valence-corrected chi connectivity index (χ4v) is 5.10. The van der Waals surface area contributed by atoms with Crippen LogP contribution in [0.1, 0.15) is 69.0 Å². The van der Waals surface area contributed by atoms with Crippen molar-refractivity contribution in [3.8, 4) is 5.75 Å². The topological polar surface area (TPSA) is 24.5 Å². The highest BCUT2D eigenvalue weighted by Crippen LogP contribution is 2.41. The molecule has 138 valence electrons. The summed E-state index contributed by atoms with van der Waals surface area (Å²) < 4.78 is 6.01. The fourth-order valence-electron chi connectivity index (χ4n) is 5.10. The van der Waals surface area contributed by atoms with Gasteiger partial charge in [0.1, 0.15) is 5.75 Å². The molecule has 4 rings (SSSR count). The Hall–Kier alpha value is -1.06. The summed E-state index contributed by atoms with van der Waals surface area (Å²) in [5.74, 6) is 1.95. The van der Waals surface area contributed by atoms with Crippen molar-refractivity contribution in [2.24, 2.45) is 5.92 Å². The Morgan fingerprint density at radius 1 is 1.24 bits per heavy atom. The van der Waals surface area contributed by atoms with E-state index in [9.17, 15) is 0 Å². The van der Waals surface area contributed by atoms with Gasteiger partial charge >= 0.3 is 0 Å². The Morgan fingerprint density at radius 2 is 2.20 bits per heavy atom. The third kappa shape index (κ3) is 3.88. The van der Waals surface area contributed by atoms with Gasteiger partial charge in [-0.15, -0.1) is 0 Å². The van der Waals surface area contributed by atoms with Crippen LogP contribution >= 0.6 is 0 Å². The molecule has 0 radical (unpaired) electrons. The first-order valence-corrected chi connectivity index (χ1v) is 10.6. The van der Waals surface area contributed by atoms with Crippen molar-refractivity contribution in [2.45, 2.75) is 70.4 Å². The minimum atomic E-state index is 0.620. The number of piperidine rings is 2. The van der Waals surface area contributed by atoms with E-state index in [4.69, 9.17) is 4.74 Å². The molecule has 3 atom stereocenters. The summed E-state index contributed by atoms with van der Waals surface area (Å²) in [6.45, 7) is 6.84. The van der Waals surface area contributed by atoms with Crippen LogP contribution in [0.15, 0.2) is 18.2 Å². The standard InChI is InChI=1S/C22H34N2O/c1-2-3-4-5-13-25-19-8-9-20-17(14-19)10-12-24-16-18-7-6-11-23-21(18)15-22(20)24/h8-9,14,18,21-23H,2-7,10-13,15-16H2,1H3/t18-,21+,22-/m1/s1. The molecule has 3 aliphatic rings. The second kappa shape index (κ2) is 8.09. The number of nitrogens with one attached hydrogen (secondary N) is 1. The molecule has 0 unspecified atom stereocenters. The lowest BCUT2D eigenvalue weighted by atomic mass is 9.77. The molecule has 0 saturated carbocycles. The lowest BCUT2D eigenvalue weighted by Crippen LogP contribution is -2.54. The number of fused-ring (bicyclic) bond motifs is 4. The molecule has 0 spiro atoms. The summed E-state index contributed by atoms with van der Waals surface area (Å²) in [6.07, 6.45) is 10.3. The molecule has 1 N–H and O–H groups in total. The molecule has 0 amide bonds. The third-order valence-electron chi connectivity index (χ3n) is 6.52. The van der Waals surface area contributed by atoms with Crippen LogP contribution in [0.5, 0.6) is 5.75 Å². The maximum absolute atomic E-state index is 6.01. The van der Waals surface area contributed by atoms with E-state index in [1.807, 2.05) is 0 Å². The average Bonchev–Trinajstić information content (AvgIpc) is 2.66. The zero-order chi connectivity index (χ0) is 17.1. The van der Waals surface area contributed by atoms with Crippen molar-refractivity contribution in [3.05, 3.63) is 29.3 Å². The monoisotopic (exact) mass is 342 g/mol. The maximum atomic E-state index is 6.01. The average molecular weight is 343 g/mol. The van der Waals surface area contributed by atoms with Crippen LogP contribution in [-0.2, 0) is 6.42 Å². The predicted octanol–water partition coefficient (Wildman–Crippen LogP) is 4.32. The minimum absolute atomic E-state index is 0.620. The van der Waals surface area contributed by atoms with E-state index in [1.165, 1.54) is 76.6 Å². The van der Waals surface area contributed by atoms with Crippen molar-refractivity contribution in [1.29, 1.82) is 0 Å². The summed E-state index contributed by atoms with van der Waals surface area (Å²) in [4.78, 5) is 2.75. The molecule has 2 saturated heterocycles. The van der Waals surface area contributed by atoms with Gasteiger partial charge in [0.2, 0.25) is 0 Å². The summed E-state index contributed by atoms with van der Waals surface area (Å²) in [5, 5.41) is 3.79. The molecule has 0 aliphatic carbocycles. The molecular formula is C22H34N2O. The Labute approximate surface area is 153 Å². The Bertz CT molecular complexity index is 573. The Morgan fingerprint density at radius 3 is 3.12 bits per heavy atom. The lowest BCUT2D eigenvalue weighted by Gasteiger charge is -2.49. The molecule has 1 aromatic carbocycles. The zero-order valence-electron chi connectivity index (χ0n) is 15.8. The number of unbranched alkanes of at least 4 members (excludes halogenated alkanes) is 3. The van der Waals surface area contributed by atoms with Crippen LogP contribution in [0.4, 0.5) is 0 Å². The molecule has 0 aromatic heterocycles. The van der Waals surface area contributed by atoms with E-state index in [0.29, 0.717) is 6.04 Å². The van der Waals surface area contributed by atoms with E-state index in [2.05, 4.69) is 35.3 Å². The predicted molar refractivity (Wildman–Crippen MR) is 103 cm³/mol. The van der Waals surface area contributed by atoms with Crippen molar-refractivity contribution >= 4 is 0 Å². The number of hydrogen-bond acceptors (Lipinski definition) is 3. The van der Waals surface area contributed by atoms with Crippen LogP contribution in [-0.4, -0.2) is 37.2 Å². The first-order valence-electron chi connectivity index (χ1n) is 10.6. The van der Waals surface area contributed by atoms with Crippen LogP contribution in [0.25, 0.3) is 0 Å². The van der Waals surface area contributed by atoms with Crippen molar-refractivity contribution in [2.75, 3.05) is 26.2 Å². The molecule has 3 aliphatic heterocycles. The van der Waals surface area contributed by atoms with Gasteiger partial charge in [-0.3, -0.25) is 4.90 Å². The van der Waals surface area contributed by atoms with Gasteiger partial charge < -0.3 is 10.1 Å². The quantitative estimate of drug-likeness (QED) is 0.779. The molecule has 1 aromatic rings. The van der Waals surface area contributed by atoms with Crippen molar-refractivity contribution in [1.82, 2.24) is 10.2 Å². The summed E-state index contributed by atoms with van der Waals surface area (Å²) in [6, 6.07) is 8.25. The molecule has 2 fully saturated rings. The van der Waals surface area contributed by atoms with Gasteiger partial charge in [0, 0.05) is 25.2 Å². The maximum Gasteiger partial charge on any atom is 0.119 e. The van der Waals surface area contributed by atoms with Crippen molar-refractivity contribution in [3.63, 3.8) is 0 Å². The van der Waals surface area contributed by atoms with Gasteiger partial charge in [-0.05, 0) is 67.8 Å². The van der Waals surface area contributed by atoms with E-state index in [-0.39, 0.29) is 0 Å². The summed E-state index contributed by atoms with van der Waals surface area (Å²) in [5.41, 5.74) is 3.09. The highest BCUT2D eigenvalue weighted by Gasteiger charge is 2.39. The number of nitrogens with zero attached hydrogens (tertiary/aromatic N) is 1. The van der Waals surface area contributed by atoms with Crippen LogP contribution < -0.4 is 10.1 Å². The van der Waals surface area contributed by atoms with Gasteiger partial charge in [0.15, 0.2) is 0 Å². The number of benzene rings is 1. The molecule has 3 heterocycles. The summed E-state index contributed by atoms with van der Waals surface area (Å²) >= 11 is 0. The van der Waals surface area contributed by atoms with Crippen LogP contribution in [0, 0.1) is 5.92 Å². The molecule has 3 heteroatoms. The largest absolute Gasteiger partial charge is 0.494 e. The first kappa shape index (κ1) is 17.4. The molecular weight excluding hydrogens is 308 g/mol. The first-order chi connectivity index (χ1) is 12.3. The van der Waals surface area contributed by atoms with E-state index in [1.54, 1.807) is 5.56 Å². The number of ether oxygens (including phenoxy) is 1. The third-order valence-corrected chi connectivity index (χ3v) is 6.52. The highest BCUT2D eigenvalue weighted by molar-refractivity contribution is 5.39. The summed E-state index contributed by atoms with van der Waals surface area (Å²) in [7, 11) is 0. The van der Waals surface area contributed by atoms with Gasteiger partial charge in [0.05, 0.1) is 6.61 Å². The number of hydrogen-bond donors (Lipinski definition) is 1. The normalized spacial score (nSPS) is 28.8. The molecule has 0 bridgehead atoms. The second-order valence-corrected chi connectivity index (χ2v) is 8.23. The zero-order valence-corrected chi connectivity index (χ0v) is 15.8. The molecule has 3 nitrogen and oxygen atoms in total. The van der Waals surface area contributed by atoms with Gasteiger partial charge in [-0.25, -0.2) is 0 Å². The Kier molecular flexibility index (Phi) is 5.62. The van der Waals surface area contributed by atoms with Crippen LogP contribution in [0.2, 0.25) is 0 Å². The number of rotatable bonds is 6. The smallest absolute Gasteiger partial charge is 0.119 e. The second-order valence-electron chi connectivity index (χ2n) is 8.23. The highest BCUT2D eigenvalue weighted by atomic mass is 16.5. The van der Waals surface area contributed by atoms with E-state index >= 15 is 0 Å². The van der Waals surface area contributed by atoms with E-state index < -0.39 is 0 Å². The van der Waals surface area contributed by atoms with Crippen LogP contribution in [0.3, 0.4) is 0 Å². The molecule has 25 heavy (non-hydrogen) atoms. The van der Waals surface area contributed by atoms with Crippen molar-refractivity contribution < 1.29 is 4.74 Å². The Balaban J connectivity index is 1.40.